The monoisotopic (exact) mass is 360 g/mol. The predicted molar refractivity (Wildman–Crippen MR) is 105 cm³/mol. The fraction of sp³-hybridized carbons (Fsp3) is 0.0909. The molecule has 27 heavy (non-hydrogen) atoms. The molecule has 3 aromatic rings. The van der Waals surface area contributed by atoms with E-state index in [0.717, 1.165) is 11.1 Å². The Hall–Kier alpha value is -3.60. The van der Waals surface area contributed by atoms with E-state index < -0.39 is 0 Å². The quantitative estimate of drug-likeness (QED) is 0.511. The Kier molecular flexibility index (Phi) is 6.20. The normalized spacial score (nSPS) is 10.6. The Balaban J connectivity index is 1.62. The number of carbonyl (C=O) groups excluding carboxylic acids is 1. The van der Waals surface area contributed by atoms with Gasteiger partial charge in [0.15, 0.2) is 0 Å². The zero-order chi connectivity index (χ0) is 18.9. The summed E-state index contributed by atoms with van der Waals surface area (Å²) in [6.45, 7) is 0.462. The van der Waals surface area contributed by atoms with Gasteiger partial charge in [0.1, 0.15) is 18.1 Å². The molecule has 0 aromatic heterocycles. The van der Waals surface area contributed by atoms with Gasteiger partial charge in [-0.2, -0.15) is 5.10 Å². The number of amides is 1. The van der Waals surface area contributed by atoms with Crippen molar-refractivity contribution in [3.05, 3.63) is 95.6 Å². The summed E-state index contributed by atoms with van der Waals surface area (Å²) in [5, 5.41) is 4.04. The molecule has 0 saturated carbocycles. The maximum atomic E-state index is 12.1. The van der Waals surface area contributed by atoms with Crippen LogP contribution in [0.1, 0.15) is 21.5 Å². The van der Waals surface area contributed by atoms with Gasteiger partial charge < -0.3 is 9.47 Å². The van der Waals surface area contributed by atoms with Crippen LogP contribution in [0, 0.1) is 0 Å². The molecule has 0 fully saturated rings. The van der Waals surface area contributed by atoms with Gasteiger partial charge in [0.05, 0.1) is 13.3 Å². The van der Waals surface area contributed by atoms with E-state index in [4.69, 9.17) is 9.47 Å². The van der Waals surface area contributed by atoms with Gasteiger partial charge in [-0.15, -0.1) is 0 Å². The van der Waals surface area contributed by atoms with Crippen molar-refractivity contribution in [2.24, 2.45) is 5.10 Å². The maximum Gasteiger partial charge on any atom is 0.271 e. The van der Waals surface area contributed by atoms with Gasteiger partial charge in [0.25, 0.3) is 5.91 Å². The van der Waals surface area contributed by atoms with Crippen molar-refractivity contribution in [1.82, 2.24) is 5.43 Å². The minimum Gasteiger partial charge on any atom is -0.497 e. The fourth-order valence-corrected chi connectivity index (χ4v) is 2.42. The average Bonchev–Trinajstić information content (AvgIpc) is 2.74. The number of para-hydroxylation sites is 1. The largest absolute Gasteiger partial charge is 0.497 e. The third-order valence-corrected chi connectivity index (χ3v) is 3.88. The van der Waals surface area contributed by atoms with E-state index in [1.54, 1.807) is 37.6 Å². The van der Waals surface area contributed by atoms with Crippen LogP contribution in [0.5, 0.6) is 11.5 Å². The van der Waals surface area contributed by atoms with Crippen molar-refractivity contribution < 1.29 is 14.3 Å². The van der Waals surface area contributed by atoms with Crippen LogP contribution in [0.25, 0.3) is 0 Å². The van der Waals surface area contributed by atoms with Crippen LogP contribution in [0.2, 0.25) is 0 Å². The number of ether oxygens (including phenoxy) is 2. The van der Waals surface area contributed by atoms with E-state index in [1.807, 2.05) is 54.6 Å². The summed E-state index contributed by atoms with van der Waals surface area (Å²) >= 11 is 0. The van der Waals surface area contributed by atoms with Crippen LogP contribution in [0.4, 0.5) is 0 Å². The molecular formula is C22H20N2O3. The molecule has 0 bridgehead atoms. The second-order valence-corrected chi connectivity index (χ2v) is 5.74. The second-order valence-electron chi connectivity index (χ2n) is 5.74. The third kappa shape index (κ3) is 5.19. The summed E-state index contributed by atoms with van der Waals surface area (Å²) in [6, 6.07) is 24.3. The van der Waals surface area contributed by atoms with Gasteiger partial charge in [-0.05, 0) is 42.0 Å². The minimum absolute atomic E-state index is 0.295. The molecule has 0 aliphatic heterocycles. The Morgan fingerprint density at radius 2 is 1.67 bits per heavy atom. The van der Waals surface area contributed by atoms with Crippen molar-refractivity contribution in [2.45, 2.75) is 6.61 Å². The summed E-state index contributed by atoms with van der Waals surface area (Å²) in [6.07, 6.45) is 1.57. The number of carbonyl (C=O) groups is 1. The molecule has 0 atom stereocenters. The van der Waals surface area contributed by atoms with Crippen LogP contribution in [-0.2, 0) is 6.61 Å². The smallest absolute Gasteiger partial charge is 0.271 e. The van der Waals surface area contributed by atoms with E-state index in [9.17, 15) is 4.79 Å². The third-order valence-electron chi connectivity index (χ3n) is 3.88. The van der Waals surface area contributed by atoms with Crippen molar-refractivity contribution in [1.29, 1.82) is 0 Å². The number of nitrogens with one attached hydrogen (secondary N) is 1. The number of hydrazone groups is 1. The SMILES string of the molecule is COc1ccc(C(=O)NN=Cc2ccccc2OCc2ccccc2)cc1. The van der Waals surface area contributed by atoms with Gasteiger partial charge in [0.2, 0.25) is 0 Å². The number of nitrogens with zero attached hydrogens (tertiary/aromatic N) is 1. The van der Waals surface area contributed by atoms with E-state index in [-0.39, 0.29) is 5.91 Å². The van der Waals surface area contributed by atoms with Crippen LogP contribution < -0.4 is 14.9 Å². The van der Waals surface area contributed by atoms with Crippen LogP contribution in [-0.4, -0.2) is 19.2 Å². The molecule has 0 spiro atoms. The predicted octanol–water partition coefficient (Wildman–Crippen LogP) is 4.04. The number of methoxy groups -OCH3 is 1. The van der Waals surface area contributed by atoms with Gasteiger partial charge >= 0.3 is 0 Å². The molecule has 136 valence electrons. The van der Waals surface area contributed by atoms with Crippen molar-refractivity contribution in [3.8, 4) is 11.5 Å². The number of hydrogen-bond acceptors (Lipinski definition) is 4. The lowest BCUT2D eigenvalue weighted by Crippen LogP contribution is -2.17. The number of benzene rings is 3. The first kappa shape index (κ1) is 18.2. The molecule has 0 aliphatic carbocycles. The molecule has 0 heterocycles. The van der Waals surface area contributed by atoms with Gasteiger partial charge in [0, 0.05) is 11.1 Å². The summed E-state index contributed by atoms with van der Waals surface area (Å²) in [5.74, 6) is 1.10. The van der Waals surface area contributed by atoms with Crippen LogP contribution >= 0.6 is 0 Å². The molecule has 5 nitrogen and oxygen atoms in total. The van der Waals surface area contributed by atoms with Crippen molar-refractivity contribution in [3.63, 3.8) is 0 Å². The highest BCUT2D eigenvalue weighted by Crippen LogP contribution is 2.17. The second kappa shape index (κ2) is 9.20. The molecule has 0 unspecified atom stereocenters. The van der Waals surface area contributed by atoms with Gasteiger partial charge in [-0.3, -0.25) is 4.79 Å². The highest BCUT2D eigenvalue weighted by molar-refractivity contribution is 5.95. The molecule has 3 aromatic carbocycles. The lowest BCUT2D eigenvalue weighted by Gasteiger charge is -2.09. The first-order valence-corrected chi connectivity index (χ1v) is 8.49. The van der Waals surface area contributed by atoms with E-state index in [2.05, 4.69) is 10.5 Å². The zero-order valence-electron chi connectivity index (χ0n) is 15.0. The first-order chi connectivity index (χ1) is 13.3. The Labute approximate surface area is 158 Å². The molecule has 0 radical (unpaired) electrons. The molecule has 0 saturated heterocycles. The van der Waals surface area contributed by atoms with E-state index in [0.29, 0.717) is 23.7 Å². The number of rotatable bonds is 7. The number of hydrogen-bond donors (Lipinski definition) is 1. The maximum absolute atomic E-state index is 12.1. The highest BCUT2D eigenvalue weighted by atomic mass is 16.5. The molecule has 1 amide bonds. The lowest BCUT2D eigenvalue weighted by atomic mass is 10.2. The summed E-state index contributed by atoms with van der Waals surface area (Å²) < 4.78 is 11.0. The summed E-state index contributed by atoms with van der Waals surface area (Å²) in [4.78, 5) is 12.1. The van der Waals surface area contributed by atoms with Gasteiger partial charge in [-0.1, -0.05) is 42.5 Å². The topological polar surface area (TPSA) is 59.9 Å². The van der Waals surface area contributed by atoms with Crippen molar-refractivity contribution >= 4 is 12.1 Å². The van der Waals surface area contributed by atoms with Crippen molar-refractivity contribution in [2.75, 3.05) is 7.11 Å². The molecular weight excluding hydrogens is 340 g/mol. The fourth-order valence-electron chi connectivity index (χ4n) is 2.42. The minimum atomic E-state index is -0.295. The zero-order valence-corrected chi connectivity index (χ0v) is 15.0. The lowest BCUT2D eigenvalue weighted by molar-refractivity contribution is 0.0955. The molecule has 5 heteroatoms. The Bertz CT molecular complexity index is 906. The Morgan fingerprint density at radius 1 is 0.963 bits per heavy atom. The van der Waals surface area contributed by atoms with Crippen LogP contribution in [0.15, 0.2) is 84.0 Å². The average molecular weight is 360 g/mol. The van der Waals surface area contributed by atoms with E-state index in [1.165, 1.54) is 0 Å². The van der Waals surface area contributed by atoms with Crippen LogP contribution in [0.3, 0.4) is 0 Å². The molecule has 3 rings (SSSR count). The summed E-state index contributed by atoms with van der Waals surface area (Å²) in [7, 11) is 1.58. The van der Waals surface area contributed by atoms with Gasteiger partial charge in [-0.25, -0.2) is 5.43 Å². The Morgan fingerprint density at radius 3 is 2.41 bits per heavy atom. The molecule has 1 N–H and O–H groups in total. The standard InChI is InChI=1S/C22H20N2O3/c1-26-20-13-11-18(12-14-20)22(25)24-23-15-19-9-5-6-10-21(19)27-16-17-7-3-2-4-8-17/h2-15H,16H2,1H3,(H,24,25). The highest BCUT2D eigenvalue weighted by Gasteiger charge is 2.05. The summed E-state index contributed by atoms with van der Waals surface area (Å²) in [5.41, 5.74) is 4.88. The molecule has 0 aliphatic rings. The van der Waals surface area contributed by atoms with E-state index >= 15 is 0 Å². The first-order valence-electron chi connectivity index (χ1n) is 8.49.